The van der Waals surface area contributed by atoms with Gasteiger partial charge in [0.25, 0.3) is 0 Å². The average Bonchev–Trinajstić information content (AvgIpc) is 3.29. The fraction of sp³-hybridized carbons (Fsp3) is 0.0392. The Kier molecular flexibility index (Phi) is 7.56. The van der Waals surface area contributed by atoms with Gasteiger partial charge in [0.15, 0.2) is 23.3 Å². The van der Waals surface area contributed by atoms with E-state index in [1.165, 1.54) is 33.4 Å². The third-order valence-electron chi connectivity index (χ3n) is 11.1. The van der Waals surface area contributed by atoms with E-state index in [2.05, 4.69) is 103 Å². The van der Waals surface area contributed by atoms with E-state index in [9.17, 15) is 0 Å². The summed E-state index contributed by atoms with van der Waals surface area (Å²) in [6.07, 6.45) is 0. The SMILES string of the molecule is c1ccc(-c2cc(-c3ccc4c(c3)C3c5ccccc5C4c4cc(-c5nc(-c6ccccc6)nc(-c6ccccc6)n5)ccc43)nc(-c3ccccc3)n2)cc1. The number of hydrogen-bond donors (Lipinski definition) is 0. The van der Waals surface area contributed by atoms with Crippen LogP contribution < -0.4 is 0 Å². The highest BCUT2D eigenvalue weighted by Gasteiger charge is 2.41. The first-order chi connectivity index (χ1) is 27.7. The molecule has 9 aromatic rings. The van der Waals surface area contributed by atoms with Crippen molar-refractivity contribution >= 4 is 0 Å². The molecule has 2 atom stereocenters. The molecule has 56 heavy (non-hydrogen) atoms. The van der Waals surface area contributed by atoms with Crippen molar-refractivity contribution in [3.05, 3.63) is 221 Å². The lowest BCUT2D eigenvalue weighted by Gasteiger charge is -2.42. The second-order valence-corrected chi connectivity index (χ2v) is 14.4. The minimum atomic E-state index is 0.0735. The van der Waals surface area contributed by atoms with Gasteiger partial charge in [0.2, 0.25) is 0 Å². The molecule has 2 unspecified atom stereocenters. The maximum Gasteiger partial charge on any atom is 0.164 e. The zero-order valence-corrected chi connectivity index (χ0v) is 30.3. The van der Waals surface area contributed by atoms with Crippen LogP contribution >= 0.6 is 0 Å². The minimum Gasteiger partial charge on any atom is -0.228 e. The van der Waals surface area contributed by atoms with Crippen molar-refractivity contribution in [2.45, 2.75) is 11.8 Å². The highest BCUT2D eigenvalue weighted by molar-refractivity contribution is 5.77. The Hall–Kier alpha value is -7.37. The molecule has 2 aromatic heterocycles. The quantitative estimate of drug-likeness (QED) is 0.171. The number of aromatic nitrogens is 5. The summed E-state index contributed by atoms with van der Waals surface area (Å²) in [6, 6.07) is 65.7. The van der Waals surface area contributed by atoms with Gasteiger partial charge in [-0.05, 0) is 51.6 Å². The van der Waals surface area contributed by atoms with E-state index in [0.29, 0.717) is 23.3 Å². The van der Waals surface area contributed by atoms with Gasteiger partial charge in [0.05, 0.1) is 11.4 Å². The molecule has 5 heteroatoms. The van der Waals surface area contributed by atoms with E-state index in [0.717, 1.165) is 44.8 Å². The van der Waals surface area contributed by atoms with Crippen molar-refractivity contribution in [1.29, 1.82) is 0 Å². The van der Waals surface area contributed by atoms with Crippen LogP contribution in [0.25, 0.3) is 68.1 Å². The molecule has 3 aliphatic carbocycles. The molecular formula is C51H33N5. The van der Waals surface area contributed by atoms with Crippen LogP contribution in [0.2, 0.25) is 0 Å². The third-order valence-corrected chi connectivity index (χ3v) is 11.1. The summed E-state index contributed by atoms with van der Waals surface area (Å²) in [5.74, 6) is 2.85. The molecule has 0 saturated heterocycles. The van der Waals surface area contributed by atoms with Crippen molar-refractivity contribution in [1.82, 2.24) is 24.9 Å². The molecule has 2 bridgehead atoms. The van der Waals surface area contributed by atoms with Gasteiger partial charge in [-0.25, -0.2) is 24.9 Å². The van der Waals surface area contributed by atoms with Crippen molar-refractivity contribution < 1.29 is 0 Å². The van der Waals surface area contributed by atoms with Gasteiger partial charge in [-0.3, -0.25) is 0 Å². The highest BCUT2D eigenvalue weighted by atomic mass is 15.0. The van der Waals surface area contributed by atoms with E-state index in [1.807, 2.05) is 84.9 Å². The molecule has 262 valence electrons. The average molecular weight is 716 g/mol. The van der Waals surface area contributed by atoms with E-state index in [-0.39, 0.29) is 11.8 Å². The summed E-state index contributed by atoms with van der Waals surface area (Å²) in [6.45, 7) is 0. The molecule has 0 radical (unpaired) electrons. The highest BCUT2D eigenvalue weighted by Crippen LogP contribution is 2.56. The normalized spacial score (nSPS) is 14.8. The van der Waals surface area contributed by atoms with Crippen molar-refractivity contribution in [2.24, 2.45) is 0 Å². The topological polar surface area (TPSA) is 64.5 Å². The van der Waals surface area contributed by atoms with Crippen molar-refractivity contribution in [3.63, 3.8) is 0 Å². The Labute approximate surface area is 325 Å². The van der Waals surface area contributed by atoms with E-state index in [1.54, 1.807) is 0 Å². The Bertz CT molecular complexity index is 2600. The van der Waals surface area contributed by atoms with Gasteiger partial charge in [-0.1, -0.05) is 170 Å². The summed E-state index contributed by atoms with van der Waals surface area (Å²) < 4.78 is 0. The summed E-state index contributed by atoms with van der Waals surface area (Å²) in [5, 5.41) is 0. The van der Waals surface area contributed by atoms with Crippen LogP contribution in [-0.2, 0) is 0 Å². The Morgan fingerprint density at radius 1 is 0.232 bits per heavy atom. The van der Waals surface area contributed by atoms with Gasteiger partial charge in [0, 0.05) is 45.2 Å². The summed E-state index contributed by atoms with van der Waals surface area (Å²) in [7, 11) is 0. The lowest BCUT2D eigenvalue weighted by molar-refractivity contribution is 0.754. The van der Waals surface area contributed by atoms with Gasteiger partial charge in [0.1, 0.15) is 0 Å². The van der Waals surface area contributed by atoms with Crippen LogP contribution in [0, 0.1) is 0 Å². The predicted octanol–water partition coefficient (Wildman–Crippen LogP) is 11.7. The largest absolute Gasteiger partial charge is 0.228 e. The fourth-order valence-corrected chi connectivity index (χ4v) is 8.52. The minimum absolute atomic E-state index is 0.0735. The third kappa shape index (κ3) is 5.44. The Morgan fingerprint density at radius 2 is 0.571 bits per heavy atom. The fourth-order valence-electron chi connectivity index (χ4n) is 8.52. The zero-order chi connectivity index (χ0) is 37.0. The van der Waals surface area contributed by atoms with Gasteiger partial charge < -0.3 is 0 Å². The van der Waals surface area contributed by atoms with Gasteiger partial charge >= 0.3 is 0 Å². The first-order valence-electron chi connectivity index (χ1n) is 19.0. The van der Waals surface area contributed by atoms with Crippen LogP contribution in [0.15, 0.2) is 188 Å². The molecule has 0 aliphatic heterocycles. The first-order valence-corrected chi connectivity index (χ1v) is 19.0. The molecule has 7 aromatic carbocycles. The molecule has 0 saturated carbocycles. The first kappa shape index (κ1) is 32.1. The van der Waals surface area contributed by atoms with Crippen LogP contribution in [0.3, 0.4) is 0 Å². The van der Waals surface area contributed by atoms with Crippen molar-refractivity contribution in [2.75, 3.05) is 0 Å². The molecular weight excluding hydrogens is 683 g/mol. The molecule has 0 spiro atoms. The number of rotatable bonds is 6. The van der Waals surface area contributed by atoms with Crippen molar-refractivity contribution in [3.8, 4) is 68.1 Å². The lowest BCUT2D eigenvalue weighted by Crippen LogP contribution is -2.27. The second-order valence-electron chi connectivity index (χ2n) is 14.4. The number of nitrogens with zero attached hydrogens (tertiary/aromatic N) is 5. The van der Waals surface area contributed by atoms with Crippen LogP contribution in [0.1, 0.15) is 45.2 Å². The lowest BCUT2D eigenvalue weighted by atomic mass is 9.60. The molecule has 5 nitrogen and oxygen atoms in total. The Balaban J connectivity index is 1.05. The number of benzene rings is 7. The van der Waals surface area contributed by atoms with E-state index >= 15 is 0 Å². The monoisotopic (exact) mass is 715 g/mol. The van der Waals surface area contributed by atoms with Crippen LogP contribution in [0.4, 0.5) is 0 Å². The second kappa shape index (κ2) is 13.2. The predicted molar refractivity (Wildman–Crippen MR) is 223 cm³/mol. The molecule has 0 N–H and O–H groups in total. The van der Waals surface area contributed by atoms with Gasteiger partial charge in [-0.15, -0.1) is 0 Å². The molecule has 0 amide bonds. The summed E-state index contributed by atoms with van der Waals surface area (Å²) in [5.41, 5.74) is 15.8. The number of hydrogen-bond acceptors (Lipinski definition) is 5. The molecule has 12 rings (SSSR count). The smallest absolute Gasteiger partial charge is 0.164 e. The molecule has 3 aliphatic rings. The zero-order valence-electron chi connectivity index (χ0n) is 30.3. The summed E-state index contributed by atoms with van der Waals surface area (Å²) in [4.78, 5) is 25.3. The van der Waals surface area contributed by atoms with E-state index in [4.69, 9.17) is 24.9 Å². The van der Waals surface area contributed by atoms with Gasteiger partial charge in [-0.2, -0.15) is 0 Å². The maximum absolute atomic E-state index is 5.17. The summed E-state index contributed by atoms with van der Waals surface area (Å²) >= 11 is 0. The van der Waals surface area contributed by atoms with E-state index < -0.39 is 0 Å². The standard InChI is InChI=1S/C51H33N5/c1-5-15-32(16-6-1)44-31-45(53-48(52-44)33-17-7-2-8-18-33)36-25-27-40-42(29-36)46-38-23-13-14-24-39(38)47(40)43-30-37(26-28-41(43)46)51-55-49(34-19-9-3-10-20-34)54-50(56-51)35-21-11-4-12-22-35/h1-31,46-47H. The Morgan fingerprint density at radius 3 is 1.05 bits per heavy atom. The maximum atomic E-state index is 5.17. The van der Waals surface area contributed by atoms with Crippen LogP contribution in [0.5, 0.6) is 0 Å². The molecule has 0 fully saturated rings. The molecule has 2 heterocycles. The van der Waals surface area contributed by atoms with Crippen LogP contribution in [-0.4, -0.2) is 24.9 Å².